The lowest BCUT2D eigenvalue weighted by Gasteiger charge is -2.13. The van der Waals surface area contributed by atoms with Gasteiger partial charge in [-0.05, 0) is 24.3 Å². The van der Waals surface area contributed by atoms with Crippen LogP contribution < -0.4 is 10.6 Å². The lowest BCUT2D eigenvalue weighted by atomic mass is 10.1. The fourth-order valence-electron chi connectivity index (χ4n) is 1.91. The molecule has 1 atom stereocenters. The highest BCUT2D eigenvalue weighted by Crippen LogP contribution is 2.17. The van der Waals surface area contributed by atoms with Crippen LogP contribution in [0.2, 0.25) is 0 Å². The highest BCUT2D eigenvalue weighted by Gasteiger charge is 2.18. The first-order chi connectivity index (χ1) is 11.0. The molecule has 0 heterocycles. The van der Waals surface area contributed by atoms with Crippen LogP contribution in [0.4, 0.5) is 18.9 Å². The average Bonchev–Trinajstić information content (AvgIpc) is 2.51. The second-order valence-electron chi connectivity index (χ2n) is 4.66. The number of carbonyl (C=O) groups excluding carboxylic acids is 1. The number of hydrogen-bond donors (Lipinski definition) is 2. The Morgan fingerprint density at radius 2 is 1.87 bits per heavy atom. The Morgan fingerprint density at radius 1 is 1.13 bits per heavy atom. The normalized spacial score (nSPS) is 11.4. The van der Waals surface area contributed by atoms with E-state index in [1.807, 2.05) is 0 Å². The zero-order valence-corrected chi connectivity index (χ0v) is 11.8. The molecular formula is C16H12F3N3O. The monoisotopic (exact) mass is 319 g/mol. The van der Waals surface area contributed by atoms with E-state index in [0.29, 0.717) is 11.8 Å². The summed E-state index contributed by atoms with van der Waals surface area (Å²) in [7, 11) is 0. The van der Waals surface area contributed by atoms with Crippen molar-refractivity contribution in [3.8, 4) is 6.07 Å². The van der Waals surface area contributed by atoms with Gasteiger partial charge in [-0.3, -0.25) is 4.79 Å². The van der Waals surface area contributed by atoms with Gasteiger partial charge in [0, 0.05) is 17.3 Å². The summed E-state index contributed by atoms with van der Waals surface area (Å²) in [6.45, 7) is -0.232. The number of hydrogen-bond acceptors (Lipinski definition) is 3. The molecule has 2 rings (SSSR count). The molecule has 0 spiro atoms. The third-order valence-electron chi connectivity index (χ3n) is 2.99. The number of carbonyl (C=O) groups is 1. The molecule has 2 N–H and O–H groups in total. The first-order valence-corrected chi connectivity index (χ1v) is 6.63. The fraction of sp³-hybridized carbons (Fsp3) is 0.125. The number of nitriles is 1. The molecule has 0 aliphatic heterocycles. The SMILES string of the molecule is N#C[C@H](NC(=O)CNc1cccc(F)c1)c1ccc(F)cc1F. The number of nitrogens with zero attached hydrogens (tertiary/aromatic N) is 1. The minimum absolute atomic E-state index is 0.131. The van der Waals surface area contributed by atoms with Gasteiger partial charge in [0.15, 0.2) is 0 Å². The molecule has 0 fully saturated rings. The van der Waals surface area contributed by atoms with Gasteiger partial charge in [-0.15, -0.1) is 0 Å². The first-order valence-electron chi connectivity index (χ1n) is 6.63. The Bertz CT molecular complexity index is 758. The van der Waals surface area contributed by atoms with E-state index in [2.05, 4.69) is 10.6 Å². The van der Waals surface area contributed by atoms with Crippen LogP contribution in [0, 0.1) is 28.8 Å². The molecule has 23 heavy (non-hydrogen) atoms. The summed E-state index contributed by atoms with van der Waals surface area (Å²) in [5, 5.41) is 14.0. The van der Waals surface area contributed by atoms with Gasteiger partial charge in [0.2, 0.25) is 5.91 Å². The van der Waals surface area contributed by atoms with Gasteiger partial charge < -0.3 is 10.6 Å². The van der Waals surface area contributed by atoms with E-state index in [0.717, 1.165) is 12.1 Å². The van der Waals surface area contributed by atoms with Gasteiger partial charge >= 0.3 is 0 Å². The van der Waals surface area contributed by atoms with Gasteiger partial charge in [0.1, 0.15) is 23.5 Å². The summed E-state index contributed by atoms with van der Waals surface area (Å²) in [6.07, 6.45) is 0. The predicted molar refractivity (Wildman–Crippen MR) is 77.7 cm³/mol. The Balaban J connectivity index is 1.99. The molecule has 1 amide bonds. The van der Waals surface area contributed by atoms with Crippen LogP contribution >= 0.6 is 0 Å². The molecule has 0 saturated heterocycles. The van der Waals surface area contributed by atoms with E-state index in [9.17, 15) is 18.0 Å². The summed E-state index contributed by atoms with van der Waals surface area (Å²) in [4.78, 5) is 11.8. The summed E-state index contributed by atoms with van der Waals surface area (Å²) >= 11 is 0. The maximum Gasteiger partial charge on any atom is 0.240 e. The molecule has 2 aromatic rings. The van der Waals surface area contributed by atoms with Gasteiger partial charge in [-0.25, -0.2) is 13.2 Å². The number of benzene rings is 2. The molecule has 0 aromatic heterocycles. The van der Waals surface area contributed by atoms with Crippen molar-refractivity contribution in [2.24, 2.45) is 0 Å². The van der Waals surface area contributed by atoms with Crippen molar-refractivity contribution in [3.63, 3.8) is 0 Å². The lowest BCUT2D eigenvalue weighted by Crippen LogP contribution is -2.33. The fourth-order valence-corrected chi connectivity index (χ4v) is 1.91. The molecule has 0 aliphatic rings. The lowest BCUT2D eigenvalue weighted by molar-refractivity contribution is -0.119. The van der Waals surface area contributed by atoms with E-state index in [1.165, 1.54) is 18.2 Å². The minimum atomic E-state index is -1.25. The Kier molecular flexibility index (Phi) is 5.20. The van der Waals surface area contributed by atoms with E-state index in [-0.39, 0.29) is 12.1 Å². The number of anilines is 1. The molecule has 0 unspecified atom stereocenters. The van der Waals surface area contributed by atoms with Crippen LogP contribution in [0.15, 0.2) is 42.5 Å². The molecule has 0 saturated carbocycles. The molecule has 7 heteroatoms. The van der Waals surface area contributed by atoms with Crippen molar-refractivity contribution in [3.05, 3.63) is 65.5 Å². The smallest absolute Gasteiger partial charge is 0.240 e. The quantitative estimate of drug-likeness (QED) is 0.890. The van der Waals surface area contributed by atoms with Gasteiger partial charge in [0.25, 0.3) is 0 Å². The molecule has 0 radical (unpaired) electrons. The maximum atomic E-state index is 13.6. The Hall–Kier alpha value is -3.01. The number of nitrogens with one attached hydrogen (secondary N) is 2. The van der Waals surface area contributed by atoms with Gasteiger partial charge in [-0.1, -0.05) is 12.1 Å². The molecule has 2 aromatic carbocycles. The number of halogens is 3. The van der Waals surface area contributed by atoms with Crippen molar-refractivity contribution >= 4 is 11.6 Å². The molecule has 0 bridgehead atoms. The van der Waals surface area contributed by atoms with Crippen molar-refractivity contribution in [2.75, 3.05) is 11.9 Å². The van der Waals surface area contributed by atoms with E-state index in [1.54, 1.807) is 12.1 Å². The predicted octanol–water partition coefficient (Wildman–Crippen LogP) is 2.90. The zero-order chi connectivity index (χ0) is 16.8. The second-order valence-corrected chi connectivity index (χ2v) is 4.66. The molecule has 4 nitrogen and oxygen atoms in total. The summed E-state index contributed by atoms with van der Waals surface area (Å²) in [5.41, 5.74) is 0.259. The molecule has 118 valence electrons. The summed E-state index contributed by atoms with van der Waals surface area (Å²) in [5.74, 6) is -2.75. The third-order valence-corrected chi connectivity index (χ3v) is 2.99. The standard InChI is InChI=1S/C16H12F3N3O/c17-10-2-1-3-12(6-10)21-9-16(23)22-15(8-20)13-5-4-11(18)7-14(13)19/h1-7,15,21H,9H2,(H,22,23)/t15-/m0/s1. The van der Waals surface area contributed by atoms with Gasteiger partial charge in [0.05, 0.1) is 12.6 Å². The zero-order valence-electron chi connectivity index (χ0n) is 11.8. The second kappa shape index (κ2) is 7.31. The Morgan fingerprint density at radius 3 is 2.52 bits per heavy atom. The van der Waals surface area contributed by atoms with Crippen LogP contribution in [0.1, 0.15) is 11.6 Å². The van der Waals surface area contributed by atoms with Gasteiger partial charge in [-0.2, -0.15) is 5.26 Å². The highest BCUT2D eigenvalue weighted by molar-refractivity contribution is 5.81. The van der Waals surface area contributed by atoms with Crippen molar-refractivity contribution in [1.82, 2.24) is 5.32 Å². The largest absolute Gasteiger partial charge is 0.376 e. The van der Waals surface area contributed by atoms with Crippen molar-refractivity contribution < 1.29 is 18.0 Å². The number of rotatable bonds is 5. The van der Waals surface area contributed by atoms with E-state index in [4.69, 9.17) is 5.26 Å². The summed E-state index contributed by atoms with van der Waals surface area (Å²) in [6, 6.07) is 8.72. The first kappa shape index (κ1) is 16.4. The van der Waals surface area contributed by atoms with Crippen LogP contribution in [-0.4, -0.2) is 12.5 Å². The highest BCUT2D eigenvalue weighted by atomic mass is 19.1. The van der Waals surface area contributed by atoms with Crippen molar-refractivity contribution in [1.29, 1.82) is 5.26 Å². The van der Waals surface area contributed by atoms with Crippen LogP contribution in [0.3, 0.4) is 0 Å². The van der Waals surface area contributed by atoms with E-state index < -0.39 is 29.4 Å². The van der Waals surface area contributed by atoms with Crippen LogP contribution in [-0.2, 0) is 4.79 Å². The number of amides is 1. The summed E-state index contributed by atoms with van der Waals surface area (Å²) < 4.78 is 39.5. The topological polar surface area (TPSA) is 64.9 Å². The average molecular weight is 319 g/mol. The molecular weight excluding hydrogens is 307 g/mol. The van der Waals surface area contributed by atoms with E-state index >= 15 is 0 Å². The maximum absolute atomic E-state index is 13.6. The minimum Gasteiger partial charge on any atom is -0.376 e. The third kappa shape index (κ3) is 4.48. The molecule has 0 aliphatic carbocycles. The van der Waals surface area contributed by atoms with Crippen molar-refractivity contribution in [2.45, 2.75) is 6.04 Å². The van der Waals surface area contributed by atoms with Crippen LogP contribution in [0.5, 0.6) is 0 Å². The Labute approximate surface area is 130 Å². The van der Waals surface area contributed by atoms with Crippen LogP contribution in [0.25, 0.3) is 0 Å².